The van der Waals surface area contributed by atoms with E-state index in [1.807, 2.05) is 4.90 Å². The lowest BCUT2D eigenvalue weighted by Crippen LogP contribution is -2.60. The number of benzene rings is 1. The maximum atomic E-state index is 13.7. The normalized spacial score (nSPS) is 28.6. The van der Waals surface area contributed by atoms with Crippen molar-refractivity contribution in [2.75, 3.05) is 54.2 Å². The number of nitrogens with zero attached hydrogens (tertiary/aromatic N) is 1. The number of rotatable bonds is 7. The second kappa shape index (κ2) is 10.6. The molecule has 1 aromatic rings. The Hall–Kier alpha value is -2.22. The molecule has 190 valence electrons. The van der Waals surface area contributed by atoms with Gasteiger partial charge in [0.25, 0.3) is 0 Å². The van der Waals surface area contributed by atoms with Gasteiger partial charge in [-0.3, -0.25) is 14.5 Å². The predicted molar refractivity (Wildman–Crippen MR) is 121 cm³/mol. The highest BCUT2D eigenvalue weighted by Crippen LogP contribution is 2.43. The number of hydrogen-bond acceptors (Lipinski definition) is 11. The van der Waals surface area contributed by atoms with E-state index < -0.39 is 52.6 Å². The number of hydrogen-bond donors (Lipinski definition) is 0. The predicted octanol–water partition coefficient (Wildman–Crippen LogP) is -0.246. The van der Waals surface area contributed by atoms with E-state index in [4.69, 9.17) is 18.9 Å². The SMILES string of the molecule is COC(=O)[C@@H]1C(c2ccc(OC)cc2)[C@H](C(=O)OC)S(=O)(=O)C(CCN2CCOCC2)S1(=O)=O. The minimum Gasteiger partial charge on any atom is -0.497 e. The molecule has 2 aliphatic rings. The van der Waals surface area contributed by atoms with Crippen LogP contribution in [0, 0.1) is 0 Å². The Labute approximate surface area is 199 Å². The van der Waals surface area contributed by atoms with Gasteiger partial charge >= 0.3 is 11.9 Å². The fourth-order valence-electron chi connectivity index (χ4n) is 4.49. The lowest BCUT2D eigenvalue weighted by molar-refractivity contribution is -0.142. The van der Waals surface area contributed by atoms with Gasteiger partial charge in [-0.05, 0) is 24.1 Å². The quantitative estimate of drug-likeness (QED) is 0.440. The zero-order valence-corrected chi connectivity index (χ0v) is 20.8. The Morgan fingerprint density at radius 3 is 1.85 bits per heavy atom. The molecule has 0 saturated carbocycles. The average Bonchev–Trinajstić information content (AvgIpc) is 2.82. The standard InChI is InChI=1S/C21H29NO10S2/c1-29-15-6-4-14(5-7-15)17-18(20(23)30-2)33(25,26)16(8-9-22-10-12-32-13-11-22)34(27,28)19(17)21(24)31-3/h4-7,16-19H,8-13H2,1-3H3/t16?,17?,18-,19+. The number of methoxy groups -OCH3 is 3. The van der Waals surface area contributed by atoms with Crippen molar-refractivity contribution in [3.8, 4) is 5.75 Å². The minimum atomic E-state index is -4.63. The lowest BCUT2D eigenvalue weighted by Gasteiger charge is -2.39. The first-order valence-corrected chi connectivity index (χ1v) is 13.9. The van der Waals surface area contributed by atoms with E-state index >= 15 is 0 Å². The zero-order chi connectivity index (χ0) is 25.1. The summed E-state index contributed by atoms with van der Waals surface area (Å²) in [7, 11) is -5.80. The van der Waals surface area contributed by atoms with Crippen molar-refractivity contribution in [1.29, 1.82) is 0 Å². The summed E-state index contributed by atoms with van der Waals surface area (Å²) in [6, 6.07) is 5.83. The van der Waals surface area contributed by atoms with Crippen LogP contribution >= 0.6 is 0 Å². The fraction of sp³-hybridized carbons (Fsp3) is 0.619. The van der Waals surface area contributed by atoms with Crippen molar-refractivity contribution < 1.29 is 45.4 Å². The number of carbonyl (C=O) groups excluding carboxylic acids is 2. The first-order valence-electron chi connectivity index (χ1n) is 10.6. The summed E-state index contributed by atoms with van der Waals surface area (Å²) in [5.41, 5.74) is 0.158. The number of esters is 2. The molecule has 0 N–H and O–H groups in total. The molecule has 0 aliphatic carbocycles. The first kappa shape index (κ1) is 26.4. The molecule has 1 aromatic carbocycles. The van der Waals surface area contributed by atoms with Gasteiger partial charge in [0.1, 0.15) is 5.75 Å². The smallest absolute Gasteiger partial charge is 0.324 e. The van der Waals surface area contributed by atoms with E-state index in [1.54, 1.807) is 0 Å². The first-order chi connectivity index (χ1) is 16.1. The van der Waals surface area contributed by atoms with E-state index in [0.29, 0.717) is 32.1 Å². The molecular formula is C21H29NO10S2. The molecule has 4 atom stereocenters. The second-order valence-corrected chi connectivity index (χ2v) is 12.8. The van der Waals surface area contributed by atoms with Crippen molar-refractivity contribution in [3.05, 3.63) is 29.8 Å². The van der Waals surface area contributed by atoms with E-state index in [-0.39, 0.29) is 18.5 Å². The molecular weight excluding hydrogens is 490 g/mol. The lowest BCUT2D eigenvalue weighted by atomic mass is 9.91. The van der Waals surface area contributed by atoms with Gasteiger partial charge in [0, 0.05) is 25.6 Å². The molecule has 2 saturated heterocycles. The number of sulfone groups is 2. The van der Waals surface area contributed by atoms with Gasteiger partial charge in [-0.15, -0.1) is 0 Å². The highest BCUT2D eigenvalue weighted by molar-refractivity contribution is 8.11. The molecule has 0 radical (unpaired) electrons. The Balaban J connectivity index is 2.13. The largest absolute Gasteiger partial charge is 0.497 e. The number of ether oxygens (including phenoxy) is 4. The Bertz CT molecular complexity index is 1040. The summed E-state index contributed by atoms with van der Waals surface area (Å²) in [5, 5.41) is -3.82. The van der Waals surface area contributed by atoms with Gasteiger partial charge in [-0.2, -0.15) is 0 Å². The van der Waals surface area contributed by atoms with Gasteiger partial charge in [0.05, 0.1) is 34.5 Å². The third kappa shape index (κ3) is 4.92. The molecule has 2 aliphatic heterocycles. The molecule has 3 rings (SSSR count). The highest BCUT2D eigenvalue weighted by Gasteiger charge is 2.63. The summed E-state index contributed by atoms with van der Waals surface area (Å²) in [6.45, 7) is 2.06. The van der Waals surface area contributed by atoms with Crippen LogP contribution in [-0.2, 0) is 43.5 Å². The maximum absolute atomic E-state index is 13.7. The Kier molecular flexibility index (Phi) is 8.22. The van der Waals surface area contributed by atoms with Gasteiger partial charge in [-0.1, -0.05) is 12.1 Å². The van der Waals surface area contributed by atoms with E-state index in [1.165, 1.54) is 31.4 Å². The minimum absolute atomic E-state index is 0.140. The van der Waals surface area contributed by atoms with Crippen LogP contribution in [0.15, 0.2) is 24.3 Å². The summed E-state index contributed by atoms with van der Waals surface area (Å²) in [5.74, 6) is -3.40. The molecule has 13 heteroatoms. The zero-order valence-electron chi connectivity index (χ0n) is 19.2. The van der Waals surface area contributed by atoms with E-state index in [2.05, 4.69) is 0 Å². The molecule has 11 nitrogen and oxygen atoms in total. The maximum Gasteiger partial charge on any atom is 0.324 e. The molecule has 0 aromatic heterocycles. The third-order valence-corrected chi connectivity index (χ3v) is 12.2. The van der Waals surface area contributed by atoms with Crippen LogP contribution in [0.5, 0.6) is 5.75 Å². The van der Waals surface area contributed by atoms with Crippen molar-refractivity contribution in [2.45, 2.75) is 27.4 Å². The number of morpholine rings is 1. The van der Waals surface area contributed by atoms with Crippen LogP contribution < -0.4 is 4.74 Å². The van der Waals surface area contributed by atoms with Crippen LogP contribution in [0.1, 0.15) is 17.9 Å². The highest BCUT2D eigenvalue weighted by atomic mass is 32.3. The third-order valence-electron chi connectivity index (χ3n) is 6.25. The fourth-order valence-corrected chi connectivity index (χ4v) is 10.5. The van der Waals surface area contributed by atoms with Crippen LogP contribution in [0.2, 0.25) is 0 Å². The molecule has 2 fully saturated rings. The molecule has 0 bridgehead atoms. The van der Waals surface area contributed by atoms with E-state index in [9.17, 15) is 26.4 Å². The summed E-state index contributed by atoms with van der Waals surface area (Å²) in [4.78, 5) is 27.5. The summed E-state index contributed by atoms with van der Waals surface area (Å²) >= 11 is 0. The van der Waals surface area contributed by atoms with Crippen molar-refractivity contribution in [1.82, 2.24) is 4.90 Å². The van der Waals surface area contributed by atoms with Crippen LogP contribution in [0.4, 0.5) is 0 Å². The van der Waals surface area contributed by atoms with Crippen LogP contribution in [0.25, 0.3) is 0 Å². The van der Waals surface area contributed by atoms with Crippen molar-refractivity contribution in [3.63, 3.8) is 0 Å². The summed E-state index contributed by atoms with van der Waals surface area (Å²) < 4.78 is 72.6. The average molecular weight is 520 g/mol. The topological polar surface area (TPSA) is 143 Å². The Morgan fingerprint density at radius 1 is 0.912 bits per heavy atom. The second-order valence-electron chi connectivity index (χ2n) is 8.04. The number of carbonyl (C=O) groups is 2. The van der Waals surface area contributed by atoms with Crippen LogP contribution in [0.3, 0.4) is 0 Å². The van der Waals surface area contributed by atoms with Crippen LogP contribution in [-0.4, -0.2) is 103 Å². The van der Waals surface area contributed by atoms with Gasteiger partial charge in [-0.25, -0.2) is 16.8 Å². The summed E-state index contributed by atoms with van der Waals surface area (Å²) in [6.07, 6.45) is -0.305. The monoisotopic (exact) mass is 519 g/mol. The van der Waals surface area contributed by atoms with Gasteiger partial charge in [0.2, 0.25) is 0 Å². The molecule has 2 unspecified atom stereocenters. The van der Waals surface area contributed by atoms with Crippen molar-refractivity contribution >= 4 is 31.6 Å². The van der Waals surface area contributed by atoms with Crippen molar-refractivity contribution in [2.24, 2.45) is 0 Å². The van der Waals surface area contributed by atoms with E-state index in [0.717, 1.165) is 14.2 Å². The molecule has 0 spiro atoms. The van der Waals surface area contributed by atoms with Gasteiger partial charge in [0.15, 0.2) is 34.8 Å². The Morgan fingerprint density at radius 2 is 1.41 bits per heavy atom. The molecule has 0 amide bonds. The molecule has 2 heterocycles. The van der Waals surface area contributed by atoms with Gasteiger partial charge < -0.3 is 18.9 Å². The molecule has 34 heavy (non-hydrogen) atoms.